The predicted molar refractivity (Wildman–Crippen MR) is 65.2 cm³/mol. The summed E-state index contributed by atoms with van der Waals surface area (Å²) in [4.78, 5) is 4.11. The number of benzene rings is 1. The van der Waals surface area contributed by atoms with Crippen molar-refractivity contribution in [3.63, 3.8) is 0 Å². The molecule has 0 atom stereocenters. The van der Waals surface area contributed by atoms with Crippen LogP contribution in [0.3, 0.4) is 0 Å². The molecular formula is C13H8ClFN2O. The fraction of sp³-hybridized carbons (Fsp3) is 0.0769. The van der Waals surface area contributed by atoms with Crippen LogP contribution >= 0.6 is 11.6 Å². The number of aromatic nitrogens is 1. The fourth-order valence-electron chi connectivity index (χ4n) is 1.35. The molecule has 0 radical (unpaired) electrons. The van der Waals surface area contributed by atoms with Crippen LogP contribution in [0.2, 0.25) is 5.02 Å². The number of hydrogen-bond acceptors (Lipinski definition) is 3. The SMILES string of the molecule is Cc1ccc(C#N)c(Oc2ccc(F)c(Cl)c2)n1. The van der Waals surface area contributed by atoms with Gasteiger partial charge in [-0.1, -0.05) is 11.6 Å². The van der Waals surface area contributed by atoms with E-state index in [0.717, 1.165) is 5.69 Å². The minimum Gasteiger partial charge on any atom is -0.438 e. The highest BCUT2D eigenvalue weighted by molar-refractivity contribution is 6.30. The van der Waals surface area contributed by atoms with Crippen molar-refractivity contribution in [3.8, 4) is 17.7 Å². The van der Waals surface area contributed by atoms with Crippen LogP contribution in [-0.2, 0) is 0 Å². The molecule has 0 fully saturated rings. The van der Waals surface area contributed by atoms with Gasteiger partial charge in [-0.3, -0.25) is 0 Å². The molecule has 1 aromatic carbocycles. The largest absolute Gasteiger partial charge is 0.438 e. The van der Waals surface area contributed by atoms with Crippen molar-refractivity contribution in [2.75, 3.05) is 0 Å². The van der Waals surface area contributed by atoms with Gasteiger partial charge in [-0.2, -0.15) is 5.26 Å². The Labute approximate surface area is 108 Å². The van der Waals surface area contributed by atoms with Crippen LogP contribution in [0.5, 0.6) is 11.6 Å². The third kappa shape index (κ3) is 2.58. The lowest BCUT2D eigenvalue weighted by molar-refractivity contribution is 0.458. The van der Waals surface area contributed by atoms with E-state index in [9.17, 15) is 4.39 Å². The molecule has 0 unspecified atom stereocenters. The molecule has 1 aromatic heterocycles. The Morgan fingerprint density at radius 2 is 2.11 bits per heavy atom. The Balaban J connectivity index is 2.36. The first-order chi connectivity index (χ1) is 8.60. The van der Waals surface area contributed by atoms with Crippen molar-refractivity contribution < 1.29 is 9.13 Å². The monoisotopic (exact) mass is 262 g/mol. The molecule has 0 saturated carbocycles. The number of nitrogens with zero attached hydrogens (tertiary/aromatic N) is 2. The number of rotatable bonds is 2. The van der Waals surface area contributed by atoms with Crippen molar-refractivity contribution in [2.45, 2.75) is 6.92 Å². The highest BCUT2D eigenvalue weighted by Crippen LogP contribution is 2.27. The van der Waals surface area contributed by atoms with Crippen LogP contribution in [0.15, 0.2) is 30.3 Å². The Morgan fingerprint density at radius 3 is 2.78 bits per heavy atom. The average molecular weight is 263 g/mol. The Bertz CT molecular complexity index is 637. The summed E-state index contributed by atoms with van der Waals surface area (Å²) < 4.78 is 18.4. The van der Waals surface area contributed by atoms with Crippen LogP contribution < -0.4 is 4.74 Å². The summed E-state index contributed by atoms with van der Waals surface area (Å²) in [5.74, 6) is -0.0158. The number of hydrogen-bond donors (Lipinski definition) is 0. The molecule has 0 aliphatic heterocycles. The van der Waals surface area contributed by atoms with Crippen molar-refractivity contribution >= 4 is 11.6 Å². The molecule has 0 aliphatic carbocycles. The maximum Gasteiger partial charge on any atom is 0.237 e. The summed E-state index contributed by atoms with van der Waals surface area (Å²) in [6, 6.07) is 9.25. The quantitative estimate of drug-likeness (QED) is 0.826. The molecular weight excluding hydrogens is 255 g/mol. The maximum absolute atomic E-state index is 13.0. The lowest BCUT2D eigenvalue weighted by Crippen LogP contribution is -1.94. The van der Waals surface area contributed by atoms with Crippen molar-refractivity contribution in [2.24, 2.45) is 0 Å². The molecule has 0 amide bonds. The molecule has 2 aromatic rings. The Hall–Kier alpha value is -2.12. The molecule has 0 spiro atoms. The topological polar surface area (TPSA) is 45.9 Å². The predicted octanol–water partition coefficient (Wildman–Crippen LogP) is 3.85. The molecule has 5 heteroatoms. The third-order valence-electron chi connectivity index (χ3n) is 2.23. The van der Waals surface area contributed by atoms with Gasteiger partial charge in [0.2, 0.25) is 5.88 Å². The highest BCUT2D eigenvalue weighted by atomic mass is 35.5. The lowest BCUT2D eigenvalue weighted by atomic mass is 10.2. The molecule has 3 nitrogen and oxygen atoms in total. The zero-order valence-electron chi connectivity index (χ0n) is 9.45. The lowest BCUT2D eigenvalue weighted by Gasteiger charge is -2.07. The van der Waals surface area contributed by atoms with Gasteiger partial charge in [-0.05, 0) is 31.2 Å². The van der Waals surface area contributed by atoms with Gasteiger partial charge < -0.3 is 4.74 Å². The van der Waals surface area contributed by atoms with Crippen LogP contribution in [0.4, 0.5) is 4.39 Å². The number of aryl methyl sites for hydroxylation is 1. The molecule has 0 N–H and O–H groups in total. The van der Waals surface area contributed by atoms with Crippen LogP contribution in [0.25, 0.3) is 0 Å². The number of halogens is 2. The van der Waals surface area contributed by atoms with E-state index in [1.54, 1.807) is 19.1 Å². The number of ether oxygens (including phenoxy) is 1. The van der Waals surface area contributed by atoms with Gasteiger partial charge in [0, 0.05) is 11.8 Å². The van der Waals surface area contributed by atoms with E-state index < -0.39 is 5.82 Å². The molecule has 2 rings (SSSR count). The standard InChI is InChI=1S/C13H8ClFN2O/c1-8-2-3-9(7-16)13(17-8)18-10-4-5-12(15)11(14)6-10/h2-6H,1H3. The van der Waals surface area contributed by atoms with Gasteiger partial charge in [-0.25, -0.2) is 9.37 Å². The number of nitriles is 1. The summed E-state index contributed by atoms with van der Waals surface area (Å²) in [6.45, 7) is 1.78. The van der Waals surface area contributed by atoms with Crippen LogP contribution in [-0.4, -0.2) is 4.98 Å². The summed E-state index contributed by atoms with van der Waals surface area (Å²) in [5, 5.41) is 8.89. The molecule has 0 bridgehead atoms. The van der Waals surface area contributed by atoms with Crippen LogP contribution in [0.1, 0.15) is 11.3 Å². The fourth-order valence-corrected chi connectivity index (χ4v) is 1.52. The molecule has 0 saturated heterocycles. The summed E-state index contributed by atoms with van der Waals surface area (Å²) >= 11 is 5.64. The van der Waals surface area contributed by atoms with E-state index in [1.807, 2.05) is 6.07 Å². The van der Waals surface area contributed by atoms with Crippen LogP contribution in [0, 0.1) is 24.1 Å². The van der Waals surface area contributed by atoms with E-state index in [0.29, 0.717) is 11.3 Å². The minimum atomic E-state index is -0.526. The van der Waals surface area contributed by atoms with E-state index in [1.165, 1.54) is 18.2 Å². The Morgan fingerprint density at radius 1 is 1.33 bits per heavy atom. The van der Waals surface area contributed by atoms with Gasteiger partial charge in [0.15, 0.2) is 0 Å². The van der Waals surface area contributed by atoms with Crippen molar-refractivity contribution in [1.82, 2.24) is 4.98 Å². The summed E-state index contributed by atoms with van der Waals surface area (Å²) in [7, 11) is 0. The maximum atomic E-state index is 13.0. The van der Waals surface area contributed by atoms with Gasteiger partial charge >= 0.3 is 0 Å². The zero-order chi connectivity index (χ0) is 13.1. The van der Waals surface area contributed by atoms with Gasteiger partial charge in [0.25, 0.3) is 0 Å². The highest BCUT2D eigenvalue weighted by Gasteiger charge is 2.08. The molecule has 1 heterocycles. The van der Waals surface area contributed by atoms with Crippen molar-refractivity contribution in [1.29, 1.82) is 5.26 Å². The second-order valence-corrected chi connectivity index (χ2v) is 4.00. The minimum absolute atomic E-state index is 0.0429. The second kappa shape index (κ2) is 5.03. The smallest absolute Gasteiger partial charge is 0.237 e. The normalized spacial score (nSPS) is 9.89. The first-order valence-corrected chi connectivity index (χ1v) is 5.48. The summed E-state index contributed by atoms with van der Waals surface area (Å²) in [6.07, 6.45) is 0. The molecule has 0 aliphatic rings. The van der Waals surface area contributed by atoms with E-state index in [4.69, 9.17) is 21.6 Å². The summed E-state index contributed by atoms with van der Waals surface area (Å²) in [5.41, 5.74) is 1.03. The third-order valence-corrected chi connectivity index (χ3v) is 2.52. The number of pyridine rings is 1. The second-order valence-electron chi connectivity index (χ2n) is 3.60. The van der Waals surface area contributed by atoms with E-state index in [-0.39, 0.29) is 10.9 Å². The zero-order valence-corrected chi connectivity index (χ0v) is 10.2. The first-order valence-electron chi connectivity index (χ1n) is 5.11. The first kappa shape index (κ1) is 12.3. The van der Waals surface area contributed by atoms with Gasteiger partial charge in [0.05, 0.1) is 5.02 Å². The average Bonchev–Trinajstić information content (AvgIpc) is 2.34. The molecule has 90 valence electrons. The van der Waals surface area contributed by atoms with E-state index >= 15 is 0 Å². The van der Waals surface area contributed by atoms with E-state index in [2.05, 4.69) is 4.98 Å². The van der Waals surface area contributed by atoms with Crippen molar-refractivity contribution in [3.05, 3.63) is 52.4 Å². The molecule has 18 heavy (non-hydrogen) atoms. The van der Waals surface area contributed by atoms with Gasteiger partial charge in [-0.15, -0.1) is 0 Å². The Kier molecular flexibility index (Phi) is 3.45. The van der Waals surface area contributed by atoms with Gasteiger partial charge in [0.1, 0.15) is 23.2 Å².